The smallest absolute Gasteiger partial charge is 0.272 e. The summed E-state index contributed by atoms with van der Waals surface area (Å²) >= 11 is 0. The van der Waals surface area contributed by atoms with Crippen molar-refractivity contribution in [2.24, 2.45) is 17.2 Å². The van der Waals surface area contributed by atoms with Crippen molar-refractivity contribution >= 4 is 25.1 Å². The Morgan fingerprint density at radius 3 is 2.15 bits per heavy atom. The van der Waals surface area contributed by atoms with Crippen molar-refractivity contribution in [3.8, 4) is 0 Å². The molecule has 7 nitrogen and oxygen atoms in total. The van der Waals surface area contributed by atoms with Gasteiger partial charge in [0, 0.05) is 11.4 Å². The van der Waals surface area contributed by atoms with Crippen LogP contribution in [0.4, 0.5) is 5.69 Å². The second-order valence-corrected chi connectivity index (χ2v) is 4.05. The highest BCUT2D eigenvalue weighted by molar-refractivity contribution is 6.27. The summed E-state index contributed by atoms with van der Waals surface area (Å²) in [7, 11) is 4.81. The van der Waals surface area contributed by atoms with Gasteiger partial charge in [-0.25, -0.2) is 0 Å². The molecular formula is C12H15BN4O3. The molecule has 20 heavy (non-hydrogen) atoms. The lowest BCUT2D eigenvalue weighted by atomic mass is 9.94. The van der Waals surface area contributed by atoms with Crippen molar-refractivity contribution in [2.45, 2.75) is 5.69 Å². The second kappa shape index (κ2) is 6.13. The minimum atomic E-state index is -2.93. The monoisotopic (exact) mass is 274 g/mol. The SMILES string of the molecule is [B]C(O)(O)C(=O)Nc1ccc(/C(N)=C/C=C(N)N)cc1. The maximum atomic E-state index is 11.2. The Labute approximate surface area is 117 Å². The third kappa shape index (κ3) is 4.67. The van der Waals surface area contributed by atoms with E-state index in [1.807, 2.05) is 0 Å². The summed E-state index contributed by atoms with van der Waals surface area (Å²) in [6, 6.07) is 6.29. The Kier molecular flexibility index (Phi) is 4.79. The topological polar surface area (TPSA) is 148 Å². The molecule has 1 aromatic rings. The summed E-state index contributed by atoms with van der Waals surface area (Å²) < 4.78 is 0. The highest BCUT2D eigenvalue weighted by Gasteiger charge is 2.25. The molecule has 9 N–H and O–H groups in total. The van der Waals surface area contributed by atoms with E-state index in [9.17, 15) is 4.79 Å². The summed E-state index contributed by atoms with van der Waals surface area (Å²) in [5.41, 5.74) is 14.8. The normalized spacial score (nSPS) is 11.8. The Morgan fingerprint density at radius 2 is 1.70 bits per heavy atom. The third-order valence-electron chi connectivity index (χ3n) is 2.27. The van der Waals surface area contributed by atoms with E-state index in [1.165, 1.54) is 24.3 Å². The van der Waals surface area contributed by atoms with Gasteiger partial charge in [-0.3, -0.25) is 4.79 Å². The van der Waals surface area contributed by atoms with Gasteiger partial charge in [-0.2, -0.15) is 0 Å². The molecule has 0 atom stereocenters. The van der Waals surface area contributed by atoms with Crippen molar-refractivity contribution in [1.29, 1.82) is 0 Å². The average Bonchev–Trinajstić information content (AvgIpc) is 2.35. The lowest BCUT2D eigenvalue weighted by molar-refractivity contribution is -0.151. The van der Waals surface area contributed by atoms with Gasteiger partial charge in [-0.1, -0.05) is 12.1 Å². The fraction of sp³-hybridized carbons (Fsp3) is 0.0833. The van der Waals surface area contributed by atoms with E-state index >= 15 is 0 Å². The fourth-order valence-electron chi connectivity index (χ4n) is 1.25. The molecule has 0 saturated carbocycles. The lowest BCUT2D eigenvalue weighted by Crippen LogP contribution is -2.43. The number of benzene rings is 1. The number of rotatable bonds is 4. The molecule has 0 bridgehead atoms. The Hall–Kier alpha value is -2.45. The Bertz CT molecular complexity index is 543. The zero-order chi connectivity index (χ0) is 15.3. The third-order valence-corrected chi connectivity index (χ3v) is 2.27. The van der Waals surface area contributed by atoms with Gasteiger partial charge in [0.25, 0.3) is 5.91 Å². The molecule has 1 aromatic carbocycles. The van der Waals surface area contributed by atoms with Gasteiger partial charge in [-0.05, 0) is 29.8 Å². The number of nitrogens with two attached hydrogens (primary N) is 3. The summed E-state index contributed by atoms with van der Waals surface area (Å²) in [6.45, 7) is 0. The number of allylic oxidation sites excluding steroid dienone is 2. The van der Waals surface area contributed by atoms with Crippen LogP contribution < -0.4 is 22.5 Å². The van der Waals surface area contributed by atoms with Crippen LogP contribution in [0.5, 0.6) is 0 Å². The Morgan fingerprint density at radius 1 is 1.15 bits per heavy atom. The van der Waals surface area contributed by atoms with Crippen LogP contribution in [-0.4, -0.2) is 29.7 Å². The summed E-state index contributed by atoms with van der Waals surface area (Å²) in [4.78, 5) is 11.2. The van der Waals surface area contributed by atoms with Gasteiger partial charge in [0.2, 0.25) is 0 Å². The van der Waals surface area contributed by atoms with E-state index in [1.54, 1.807) is 12.1 Å². The fourth-order valence-corrected chi connectivity index (χ4v) is 1.25. The summed E-state index contributed by atoms with van der Waals surface area (Å²) in [5.74, 6) is -1.02. The van der Waals surface area contributed by atoms with Crippen LogP contribution in [0, 0.1) is 0 Å². The standard InChI is InChI=1S/C12H15BN4O3/c13-12(19,20)11(18)17-8-3-1-7(2-4-8)9(14)5-6-10(15)16/h1-6,19-20H,14-16H2,(H,17,18)/b9-5-. The molecule has 1 rings (SSSR count). The van der Waals surface area contributed by atoms with Crippen molar-refractivity contribution in [1.82, 2.24) is 0 Å². The van der Waals surface area contributed by atoms with Crippen molar-refractivity contribution in [3.63, 3.8) is 0 Å². The zero-order valence-corrected chi connectivity index (χ0v) is 10.6. The van der Waals surface area contributed by atoms with E-state index in [-0.39, 0.29) is 5.82 Å². The molecule has 1 amide bonds. The zero-order valence-electron chi connectivity index (χ0n) is 10.6. The first-order chi connectivity index (χ1) is 9.20. The minimum absolute atomic E-state index is 0.127. The number of amides is 1. The molecule has 104 valence electrons. The highest BCUT2D eigenvalue weighted by Crippen LogP contribution is 2.15. The molecule has 0 fully saturated rings. The van der Waals surface area contributed by atoms with Gasteiger partial charge in [0.1, 0.15) is 0 Å². The second-order valence-electron chi connectivity index (χ2n) is 4.05. The van der Waals surface area contributed by atoms with Crippen LogP contribution in [0.2, 0.25) is 0 Å². The number of carbonyl (C=O) groups excluding carboxylic acids is 1. The molecule has 2 radical (unpaired) electrons. The maximum Gasteiger partial charge on any atom is 0.272 e. The molecule has 0 unspecified atom stereocenters. The van der Waals surface area contributed by atoms with E-state index in [0.717, 1.165) is 0 Å². The molecular weight excluding hydrogens is 259 g/mol. The molecule has 8 heteroatoms. The predicted molar refractivity (Wildman–Crippen MR) is 76.6 cm³/mol. The van der Waals surface area contributed by atoms with Crippen molar-refractivity contribution in [3.05, 3.63) is 47.8 Å². The van der Waals surface area contributed by atoms with E-state index in [4.69, 9.17) is 35.3 Å². The molecule has 0 heterocycles. The van der Waals surface area contributed by atoms with Gasteiger partial charge < -0.3 is 32.7 Å². The molecule has 0 aliphatic heterocycles. The number of nitrogens with one attached hydrogen (secondary N) is 1. The van der Waals surface area contributed by atoms with Gasteiger partial charge in [0.15, 0.2) is 13.5 Å². The van der Waals surface area contributed by atoms with Crippen molar-refractivity contribution < 1.29 is 15.0 Å². The molecule has 0 saturated heterocycles. The lowest BCUT2D eigenvalue weighted by Gasteiger charge is -2.16. The van der Waals surface area contributed by atoms with Crippen LogP contribution in [0.1, 0.15) is 5.56 Å². The quantitative estimate of drug-likeness (QED) is 0.223. The molecule has 0 aliphatic rings. The maximum absolute atomic E-state index is 11.2. The largest absolute Gasteiger partial charge is 0.398 e. The van der Waals surface area contributed by atoms with Gasteiger partial charge in [-0.15, -0.1) is 0 Å². The molecule has 0 aliphatic carbocycles. The van der Waals surface area contributed by atoms with Crippen LogP contribution in [0.15, 0.2) is 42.2 Å². The number of carbonyl (C=O) groups is 1. The van der Waals surface area contributed by atoms with Crippen molar-refractivity contribution in [2.75, 3.05) is 5.32 Å². The van der Waals surface area contributed by atoms with Crippen LogP contribution in [-0.2, 0) is 4.79 Å². The van der Waals surface area contributed by atoms with E-state index in [0.29, 0.717) is 16.9 Å². The first-order valence-corrected chi connectivity index (χ1v) is 5.54. The molecule has 0 spiro atoms. The predicted octanol–water partition coefficient (Wildman–Crippen LogP) is -1.51. The number of aliphatic hydroxyl groups is 2. The van der Waals surface area contributed by atoms with Gasteiger partial charge in [0.05, 0.1) is 5.82 Å². The highest BCUT2D eigenvalue weighted by atomic mass is 16.5. The number of hydrogen-bond donors (Lipinski definition) is 6. The number of hydrogen-bond acceptors (Lipinski definition) is 6. The van der Waals surface area contributed by atoms with E-state index < -0.39 is 11.6 Å². The van der Waals surface area contributed by atoms with Crippen LogP contribution in [0.3, 0.4) is 0 Å². The Balaban J connectivity index is 2.82. The molecule has 0 aromatic heterocycles. The van der Waals surface area contributed by atoms with Gasteiger partial charge >= 0.3 is 0 Å². The van der Waals surface area contributed by atoms with E-state index in [2.05, 4.69) is 5.32 Å². The summed E-state index contributed by atoms with van der Waals surface area (Å²) in [5, 5.41) is 20.0. The minimum Gasteiger partial charge on any atom is -0.398 e. The first kappa shape index (κ1) is 15.6. The average molecular weight is 274 g/mol. The first-order valence-electron chi connectivity index (χ1n) is 5.54. The van der Waals surface area contributed by atoms with Crippen LogP contribution >= 0.6 is 0 Å². The van der Waals surface area contributed by atoms with Crippen LogP contribution in [0.25, 0.3) is 5.70 Å². The number of anilines is 1. The summed E-state index contributed by atoms with van der Waals surface area (Å²) in [6.07, 6.45) is 2.99.